The number of amides is 2. The van der Waals surface area contributed by atoms with E-state index in [1.165, 1.54) is 0 Å². The highest BCUT2D eigenvalue weighted by Gasteiger charge is 2.48. The van der Waals surface area contributed by atoms with E-state index < -0.39 is 0 Å². The molecule has 6 nitrogen and oxygen atoms in total. The van der Waals surface area contributed by atoms with E-state index in [0.717, 1.165) is 45.3 Å². The average Bonchev–Trinajstić information content (AvgIpc) is 3.31. The SMILES string of the molecule is O=C(N1CCCC1)N1CC[C@]2(C[C@@H](Oc3ccccn3)CO2)C1. The molecule has 1 aromatic rings. The quantitative estimate of drug-likeness (QED) is 0.836. The van der Waals surface area contributed by atoms with Crippen LogP contribution in [-0.2, 0) is 4.74 Å². The van der Waals surface area contributed by atoms with Gasteiger partial charge in [-0.2, -0.15) is 0 Å². The second-order valence-corrected chi connectivity index (χ2v) is 6.75. The topological polar surface area (TPSA) is 54.9 Å². The summed E-state index contributed by atoms with van der Waals surface area (Å²) in [5.74, 6) is 0.640. The first kappa shape index (κ1) is 14.8. The maximum atomic E-state index is 12.5. The van der Waals surface area contributed by atoms with Gasteiger partial charge in [-0.05, 0) is 25.3 Å². The van der Waals surface area contributed by atoms with Crippen molar-refractivity contribution in [1.29, 1.82) is 0 Å². The number of carbonyl (C=O) groups is 1. The minimum atomic E-state index is -0.227. The van der Waals surface area contributed by atoms with Gasteiger partial charge in [-0.25, -0.2) is 9.78 Å². The lowest BCUT2D eigenvalue weighted by atomic mass is 9.98. The third-order valence-corrected chi connectivity index (χ3v) is 5.06. The predicted octanol–water partition coefficient (Wildman–Crippen LogP) is 1.91. The minimum Gasteiger partial charge on any atom is -0.472 e. The van der Waals surface area contributed by atoms with Crippen LogP contribution in [0, 0.1) is 0 Å². The summed E-state index contributed by atoms with van der Waals surface area (Å²) in [6.07, 6.45) is 5.73. The molecule has 3 fully saturated rings. The van der Waals surface area contributed by atoms with Crippen LogP contribution in [0.15, 0.2) is 24.4 Å². The monoisotopic (exact) mass is 317 g/mol. The van der Waals surface area contributed by atoms with Crippen LogP contribution in [0.5, 0.6) is 5.88 Å². The summed E-state index contributed by atoms with van der Waals surface area (Å²) in [5.41, 5.74) is -0.227. The van der Waals surface area contributed by atoms with E-state index in [2.05, 4.69) is 4.98 Å². The van der Waals surface area contributed by atoms with Crippen LogP contribution >= 0.6 is 0 Å². The molecule has 0 bridgehead atoms. The molecule has 6 heteroatoms. The molecule has 4 heterocycles. The minimum absolute atomic E-state index is 0.0201. The summed E-state index contributed by atoms with van der Waals surface area (Å²) >= 11 is 0. The van der Waals surface area contributed by atoms with Crippen molar-refractivity contribution in [3.8, 4) is 5.88 Å². The molecular formula is C17H23N3O3. The van der Waals surface area contributed by atoms with Crippen molar-refractivity contribution in [2.75, 3.05) is 32.8 Å². The molecule has 124 valence electrons. The zero-order valence-electron chi connectivity index (χ0n) is 13.3. The Morgan fingerprint density at radius 2 is 2.13 bits per heavy atom. The number of rotatable bonds is 2. The van der Waals surface area contributed by atoms with Crippen LogP contribution in [0.25, 0.3) is 0 Å². The fourth-order valence-corrected chi connectivity index (χ4v) is 3.87. The molecule has 0 saturated carbocycles. The van der Waals surface area contributed by atoms with Gasteiger partial charge in [0.05, 0.1) is 18.8 Å². The standard InChI is InChI=1S/C17H23N3O3/c21-16(19-8-3-4-9-19)20-10-6-17(13-20)11-14(12-22-17)23-15-5-1-2-7-18-15/h1-2,5,7,14H,3-4,6,8-13H2/t14-,17+/m1/s1. The Kier molecular flexibility index (Phi) is 3.85. The average molecular weight is 317 g/mol. The van der Waals surface area contributed by atoms with Crippen LogP contribution in [0.4, 0.5) is 4.79 Å². The smallest absolute Gasteiger partial charge is 0.320 e. The van der Waals surface area contributed by atoms with Gasteiger partial charge in [-0.1, -0.05) is 6.07 Å². The Hall–Kier alpha value is -1.82. The maximum Gasteiger partial charge on any atom is 0.320 e. The summed E-state index contributed by atoms with van der Waals surface area (Å²) in [5, 5.41) is 0. The molecule has 23 heavy (non-hydrogen) atoms. The molecule has 0 radical (unpaired) electrons. The zero-order valence-corrected chi connectivity index (χ0v) is 13.3. The van der Waals surface area contributed by atoms with Crippen LogP contribution < -0.4 is 4.74 Å². The number of hydrogen-bond donors (Lipinski definition) is 0. The Balaban J connectivity index is 1.34. The first-order valence-corrected chi connectivity index (χ1v) is 8.50. The van der Waals surface area contributed by atoms with E-state index in [-0.39, 0.29) is 17.7 Å². The molecule has 3 aliphatic heterocycles. The second-order valence-electron chi connectivity index (χ2n) is 6.75. The summed E-state index contributed by atoms with van der Waals surface area (Å²) in [6.45, 7) is 3.83. The van der Waals surface area contributed by atoms with Gasteiger partial charge in [-0.15, -0.1) is 0 Å². The van der Waals surface area contributed by atoms with Crippen molar-refractivity contribution in [3.05, 3.63) is 24.4 Å². The van der Waals surface area contributed by atoms with Crippen molar-refractivity contribution < 1.29 is 14.3 Å². The van der Waals surface area contributed by atoms with Crippen molar-refractivity contribution in [2.24, 2.45) is 0 Å². The van der Waals surface area contributed by atoms with Crippen LogP contribution in [0.1, 0.15) is 25.7 Å². The van der Waals surface area contributed by atoms with Crippen molar-refractivity contribution in [2.45, 2.75) is 37.4 Å². The second kappa shape index (κ2) is 6.00. The number of carbonyl (C=O) groups excluding carboxylic acids is 1. The summed E-state index contributed by atoms with van der Waals surface area (Å²) < 4.78 is 12.0. The fraction of sp³-hybridized carbons (Fsp3) is 0.647. The van der Waals surface area contributed by atoms with E-state index in [0.29, 0.717) is 19.0 Å². The van der Waals surface area contributed by atoms with E-state index in [9.17, 15) is 4.79 Å². The number of aromatic nitrogens is 1. The molecule has 1 spiro atoms. The van der Waals surface area contributed by atoms with E-state index in [1.807, 2.05) is 28.0 Å². The Morgan fingerprint density at radius 3 is 2.91 bits per heavy atom. The van der Waals surface area contributed by atoms with Gasteiger partial charge in [0.1, 0.15) is 6.10 Å². The lowest BCUT2D eigenvalue weighted by Gasteiger charge is -2.26. The van der Waals surface area contributed by atoms with Gasteiger partial charge in [0.25, 0.3) is 0 Å². The van der Waals surface area contributed by atoms with Gasteiger partial charge in [0.2, 0.25) is 5.88 Å². The summed E-state index contributed by atoms with van der Waals surface area (Å²) in [4.78, 5) is 20.6. The number of likely N-dealkylation sites (tertiary alicyclic amines) is 2. The van der Waals surface area contributed by atoms with Gasteiger partial charge >= 0.3 is 6.03 Å². The van der Waals surface area contributed by atoms with Crippen LogP contribution in [0.2, 0.25) is 0 Å². The molecule has 0 aliphatic carbocycles. The number of urea groups is 1. The molecule has 2 atom stereocenters. The maximum absolute atomic E-state index is 12.5. The molecule has 0 aromatic carbocycles. The molecule has 0 N–H and O–H groups in total. The predicted molar refractivity (Wildman–Crippen MR) is 84.3 cm³/mol. The zero-order chi connectivity index (χ0) is 15.7. The first-order valence-electron chi connectivity index (χ1n) is 8.50. The number of hydrogen-bond acceptors (Lipinski definition) is 4. The molecular weight excluding hydrogens is 294 g/mol. The van der Waals surface area contributed by atoms with Gasteiger partial charge in [-0.3, -0.25) is 0 Å². The largest absolute Gasteiger partial charge is 0.472 e. The highest BCUT2D eigenvalue weighted by molar-refractivity contribution is 5.75. The highest BCUT2D eigenvalue weighted by atomic mass is 16.6. The molecule has 1 aromatic heterocycles. The Labute approximate surface area is 136 Å². The third kappa shape index (κ3) is 3.00. The van der Waals surface area contributed by atoms with Gasteiger partial charge < -0.3 is 19.3 Å². The lowest BCUT2D eigenvalue weighted by Crippen LogP contribution is -2.43. The van der Waals surface area contributed by atoms with Crippen molar-refractivity contribution in [3.63, 3.8) is 0 Å². The van der Waals surface area contributed by atoms with E-state index >= 15 is 0 Å². The van der Waals surface area contributed by atoms with Crippen LogP contribution in [0.3, 0.4) is 0 Å². The van der Waals surface area contributed by atoms with E-state index in [4.69, 9.17) is 9.47 Å². The number of nitrogens with zero attached hydrogens (tertiary/aromatic N) is 3. The summed E-state index contributed by atoms with van der Waals surface area (Å²) in [6, 6.07) is 5.83. The van der Waals surface area contributed by atoms with Gasteiger partial charge in [0.15, 0.2) is 0 Å². The molecule has 3 aliphatic rings. The summed E-state index contributed by atoms with van der Waals surface area (Å²) in [7, 11) is 0. The molecule has 3 saturated heterocycles. The first-order chi connectivity index (χ1) is 11.2. The lowest BCUT2D eigenvalue weighted by molar-refractivity contribution is 0.0112. The molecule has 0 unspecified atom stereocenters. The normalized spacial score (nSPS) is 30.3. The number of ether oxygens (including phenoxy) is 2. The van der Waals surface area contributed by atoms with Crippen LogP contribution in [-0.4, -0.2) is 65.3 Å². The fourth-order valence-electron chi connectivity index (χ4n) is 3.87. The van der Waals surface area contributed by atoms with Gasteiger partial charge in [0, 0.05) is 38.3 Å². The highest BCUT2D eigenvalue weighted by Crippen LogP contribution is 2.37. The Bertz CT molecular complexity index is 561. The number of pyridine rings is 1. The third-order valence-electron chi connectivity index (χ3n) is 5.06. The molecule has 4 rings (SSSR count). The van der Waals surface area contributed by atoms with E-state index in [1.54, 1.807) is 6.20 Å². The Morgan fingerprint density at radius 1 is 1.26 bits per heavy atom. The van der Waals surface area contributed by atoms with Crippen molar-refractivity contribution >= 4 is 6.03 Å². The van der Waals surface area contributed by atoms with Crippen molar-refractivity contribution in [1.82, 2.24) is 14.8 Å². The molecule has 2 amide bonds.